The zero-order valence-electron chi connectivity index (χ0n) is 20.8. The Morgan fingerprint density at radius 1 is 1.06 bits per heavy atom. The van der Waals surface area contributed by atoms with Crippen LogP contribution < -0.4 is 20.7 Å². The Bertz CT molecular complexity index is 857. The quantitative estimate of drug-likeness (QED) is 0.375. The van der Waals surface area contributed by atoms with Crippen LogP contribution in [0.25, 0.3) is 0 Å². The first kappa shape index (κ1) is 28.8. The Kier molecular flexibility index (Phi) is 13.9. The van der Waals surface area contributed by atoms with E-state index in [1.54, 1.807) is 6.92 Å². The van der Waals surface area contributed by atoms with Gasteiger partial charge in [-0.15, -0.1) is 0 Å². The lowest BCUT2D eigenvalue weighted by Crippen LogP contribution is -2.32. The molecule has 0 saturated carbocycles. The highest BCUT2D eigenvalue weighted by molar-refractivity contribution is 5.87. The summed E-state index contributed by atoms with van der Waals surface area (Å²) in [7, 11) is 0. The van der Waals surface area contributed by atoms with Crippen LogP contribution in [0.15, 0.2) is 48.5 Å². The van der Waals surface area contributed by atoms with E-state index in [-0.39, 0.29) is 0 Å². The highest BCUT2D eigenvalue weighted by atomic mass is 16.5. The van der Waals surface area contributed by atoms with Crippen LogP contribution in [-0.2, 0) is 16.0 Å². The number of nitrogens with one attached hydrogen (secondary N) is 1. The number of carbonyl (C=O) groups is 2. The molecule has 2 aromatic rings. The zero-order valence-corrected chi connectivity index (χ0v) is 20.8. The lowest BCUT2D eigenvalue weighted by Gasteiger charge is -2.23. The number of rotatable bonds is 12. The van der Waals surface area contributed by atoms with Gasteiger partial charge in [0, 0.05) is 24.8 Å². The second-order valence-corrected chi connectivity index (χ2v) is 7.53. The number of hydrogen-bond donors (Lipinski definition) is 3. The van der Waals surface area contributed by atoms with Crippen molar-refractivity contribution in [1.29, 1.82) is 0 Å². The van der Waals surface area contributed by atoms with E-state index in [2.05, 4.69) is 31.0 Å². The number of hydrogen-bond acceptors (Lipinski definition) is 6. The molecule has 0 saturated heterocycles. The molecular formula is C26H39N3O5. The zero-order chi connectivity index (χ0) is 25.3. The van der Waals surface area contributed by atoms with Crippen LogP contribution >= 0.6 is 0 Å². The van der Waals surface area contributed by atoms with Gasteiger partial charge in [0.15, 0.2) is 0 Å². The van der Waals surface area contributed by atoms with Crippen molar-refractivity contribution in [3.05, 3.63) is 54.1 Å². The first-order chi connectivity index (χ1) is 16.4. The molecule has 8 heteroatoms. The minimum atomic E-state index is -0.959. The maximum atomic E-state index is 11.6. The lowest BCUT2D eigenvalue weighted by molar-refractivity contribution is -0.138. The molecule has 1 atom stereocenters. The number of amides is 1. The van der Waals surface area contributed by atoms with Crippen LogP contribution in [0.3, 0.4) is 0 Å². The summed E-state index contributed by atoms with van der Waals surface area (Å²) in [6.07, 6.45) is 1.97. The summed E-state index contributed by atoms with van der Waals surface area (Å²) >= 11 is 0. The molecule has 2 rings (SSSR count). The number of aliphatic carboxylic acids is 1. The van der Waals surface area contributed by atoms with Gasteiger partial charge in [-0.2, -0.15) is 0 Å². The van der Waals surface area contributed by atoms with Crippen molar-refractivity contribution in [2.24, 2.45) is 5.73 Å². The van der Waals surface area contributed by atoms with Gasteiger partial charge in [0.1, 0.15) is 11.8 Å². The van der Waals surface area contributed by atoms with Crippen LogP contribution in [-0.4, -0.2) is 49.5 Å². The molecule has 0 aliphatic heterocycles. The lowest BCUT2D eigenvalue weighted by atomic mass is 10.1. The summed E-state index contributed by atoms with van der Waals surface area (Å²) in [5.74, 6) is -0.273. The number of unbranched alkanes of at least 4 members (excludes halogenated alkanes) is 1. The standard InChI is InChI=1S/C17H28N2O3.C9H11NO2/c1-5-9-12-22-16-13-14(19(6-2)7-3)10-11-15(16)18-17(20)21-8-4;10-8(9(11)12)6-7-4-2-1-3-5-7/h10-11,13H,5-9,12H2,1-4H3,(H,18,20);1-5,8H,6,10H2,(H,11,12)/t;8-/m.1/s1. The highest BCUT2D eigenvalue weighted by Gasteiger charge is 2.12. The number of ether oxygens (including phenoxy) is 2. The third-order valence-electron chi connectivity index (χ3n) is 4.98. The van der Waals surface area contributed by atoms with Gasteiger partial charge in [-0.1, -0.05) is 43.7 Å². The maximum absolute atomic E-state index is 11.6. The van der Waals surface area contributed by atoms with E-state index >= 15 is 0 Å². The second kappa shape index (κ2) is 16.4. The van der Waals surface area contributed by atoms with E-state index in [0.29, 0.717) is 31.1 Å². The highest BCUT2D eigenvalue weighted by Crippen LogP contribution is 2.30. The van der Waals surface area contributed by atoms with Gasteiger partial charge >= 0.3 is 12.1 Å². The van der Waals surface area contributed by atoms with Crippen molar-refractivity contribution in [2.45, 2.75) is 53.0 Å². The number of nitrogens with zero attached hydrogens (tertiary/aromatic N) is 1. The van der Waals surface area contributed by atoms with Crippen molar-refractivity contribution < 1.29 is 24.2 Å². The normalized spacial score (nSPS) is 11.0. The fourth-order valence-corrected chi connectivity index (χ4v) is 3.08. The molecule has 2 aromatic carbocycles. The molecule has 0 aromatic heterocycles. The summed E-state index contributed by atoms with van der Waals surface area (Å²) in [6.45, 7) is 11.0. The number of carboxylic acid groups (broad SMARTS) is 1. The molecule has 0 unspecified atom stereocenters. The van der Waals surface area contributed by atoms with Gasteiger partial charge in [0.05, 0.1) is 18.9 Å². The summed E-state index contributed by atoms with van der Waals surface area (Å²) < 4.78 is 10.8. The van der Waals surface area contributed by atoms with E-state index < -0.39 is 18.1 Å². The summed E-state index contributed by atoms with van der Waals surface area (Å²) in [4.78, 5) is 24.2. The minimum Gasteiger partial charge on any atom is -0.491 e. The van der Waals surface area contributed by atoms with Crippen molar-refractivity contribution >= 4 is 23.4 Å². The SMILES string of the molecule is CCCCOc1cc(N(CC)CC)ccc1NC(=O)OCC.N[C@H](Cc1ccccc1)C(=O)O. The van der Waals surface area contributed by atoms with Crippen LogP contribution in [0, 0.1) is 0 Å². The molecule has 0 radical (unpaired) electrons. The van der Waals surface area contributed by atoms with E-state index in [4.69, 9.17) is 20.3 Å². The molecule has 8 nitrogen and oxygen atoms in total. The monoisotopic (exact) mass is 473 g/mol. The molecule has 0 heterocycles. The average Bonchev–Trinajstić information content (AvgIpc) is 2.82. The molecular weight excluding hydrogens is 434 g/mol. The van der Waals surface area contributed by atoms with Crippen molar-refractivity contribution in [3.8, 4) is 5.75 Å². The Balaban J connectivity index is 0.000000404. The summed E-state index contributed by atoms with van der Waals surface area (Å²) in [6, 6.07) is 14.4. The van der Waals surface area contributed by atoms with Gasteiger partial charge in [-0.05, 0) is 51.3 Å². The van der Waals surface area contributed by atoms with E-state index in [1.165, 1.54) is 0 Å². The third kappa shape index (κ3) is 10.6. The largest absolute Gasteiger partial charge is 0.491 e. The predicted octanol–water partition coefficient (Wildman–Crippen LogP) is 4.92. The first-order valence-corrected chi connectivity index (χ1v) is 11.8. The molecule has 188 valence electrons. The van der Waals surface area contributed by atoms with E-state index in [1.807, 2.05) is 48.5 Å². The number of anilines is 2. The molecule has 0 bridgehead atoms. The number of carbonyl (C=O) groups excluding carboxylic acids is 1. The topological polar surface area (TPSA) is 114 Å². The van der Waals surface area contributed by atoms with Crippen molar-refractivity contribution in [2.75, 3.05) is 36.5 Å². The fraction of sp³-hybridized carbons (Fsp3) is 0.462. The number of nitrogens with two attached hydrogens (primary N) is 1. The van der Waals surface area contributed by atoms with Gasteiger partial charge < -0.3 is 25.2 Å². The Hall–Kier alpha value is -3.26. The summed E-state index contributed by atoms with van der Waals surface area (Å²) in [5, 5.41) is 11.3. The van der Waals surface area contributed by atoms with E-state index in [9.17, 15) is 9.59 Å². The predicted molar refractivity (Wildman–Crippen MR) is 137 cm³/mol. The molecule has 0 aliphatic rings. The van der Waals surface area contributed by atoms with Crippen LogP contribution in [0.5, 0.6) is 5.75 Å². The molecule has 0 aliphatic carbocycles. The van der Waals surface area contributed by atoms with Crippen LogP contribution in [0.4, 0.5) is 16.2 Å². The molecule has 0 spiro atoms. The second-order valence-electron chi connectivity index (χ2n) is 7.53. The van der Waals surface area contributed by atoms with Gasteiger partial charge in [-0.3, -0.25) is 10.1 Å². The minimum absolute atomic E-state index is 0.343. The number of carboxylic acids is 1. The molecule has 0 fully saturated rings. The summed E-state index contributed by atoms with van der Waals surface area (Å²) in [5.41, 5.74) is 8.03. The Morgan fingerprint density at radius 2 is 1.74 bits per heavy atom. The molecule has 34 heavy (non-hydrogen) atoms. The number of benzene rings is 2. The molecule has 1 amide bonds. The third-order valence-corrected chi connectivity index (χ3v) is 4.98. The van der Waals surface area contributed by atoms with Crippen molar-refractivity contribution in [1.82, 2.24) is 0 Å². The molecule has 4 N–H and O–H groups in total. The van der Waals surface area contributed by atoms with Crippen LogP contribution in [0.2, 0.25) is 0 Å². The van der Waals surface area contributed by atoms with E-state index in [0.717, 1.165) is 37.2 Å². The fourth-order valence-electron chi connectivity index (χ4n) is 3.08. The smallest absolute Gasteiger partial charge is 0.411 e. The van der Waals surface area contributed by atoms with Gasteiger partial charge in [0.25, 0.3) is 0 Å². The Labute approximate surface area is 203 Å². The average molecular weight is 474 g/mol. The van der Waals surface area contributed by atoms with Gasteiger partial charge in [0.2, 0.25) is 0 Å². The Morgan fingerprint density at radius 3 is 2.29 bits per heavy atom. The van der Waals surface area contributed by atoms with Gasteiger partial charge in [-0.25, -0.2) is 4.79 Å². The van der Waals surface area contributed by atoms with Crippen molar-refractivity contribution in [3.63, 3.8) is 0 Å². The first-order valence-electron chi connectivity index (χ1n) is 11.8. The van der Waals surface area contributed by atoms with Crippen LogP contribution in [0.1, 0.15) is 46.1 Å². The maximum Gasteiger partial charge on any atom is 0.411 e.